The third-order valence-electron chi connectivity index (χ3n) is 3.90. The fourth-order valence-corrected chi connectivity index (χ4v) is 2.74. The van der Waals surface area contributed by atoms with Gasteiger partial charge in [-0.3, -0.25) is 0 Å². The van der Waals surface area contributed by atoms with Gasteiger partial charge in [-0.2, -0.15) is 0 Å². The average molecular weight is 258 g/mol. The topological polar surface area (TPSA) is 64.0 Å². The van der Waals surface area contributed by atoms with E-state index < -0.39 is 6.09 Å². The standard InChI is InChI=1S/C13H26N2O3/c1-13(2,3)11-9-10(14(4)7-8-16)5-6-15(11)12(17)18/h10-11,16H,5-9H2,1-4H3,(H,17,18). The second-order valence-electron chi connectivity index (χ2n) is 6.24. The summed E-state index contributed by atoms with van der Waals surface area (Å²) < 4.78 is 0. The largest absolute Gasteiger partial charge is 0.465 e. The maximum atomic E-state index is 11.3. The van der Waals surface area contributed by atoms with E-state index in [0.29, 0.717) is 19.1 Å². The molecule has 0 aromatic carbocycles. The van der Waals surface area contributed by atoms with Gasteiger partial charge >= 0.3 is 6.09 Å². The third-order valence-corrected chi connectivity index (χ3v) is 3.90. The molecule has 0 saturated carbocycles. The Hall–Kier alpha value is -0.810. The highest BCUT2D eigenvalue weighted by Crippen LogP contribution is 2.33. The molecule has 0 spiro atoms. The number of hydrogen-bond donors (Lipinski definition) is 2. The number of nitrogens with zero attached hydrogens (tertiary/aromatic N) is 2. The van der Waals surface area contributed by atoms with Gasteiger partial charge in [0.25, 0.3) is 0 Å². The zero-order valence-electron chi connectivity index (χ0n) is 11.9. The van der Waals surface area contributed by atoms with Gasteiger partial charge in [-0.25, -0.2) is 4.79 Å². The molecule has 1 saturated heterocycles. The van der Waals surface area contributed by atoms with Crippen molar-refractivity contribution in [1.29, 1.82) is 0 Å². The number of rotatable bonds is 3. The van der Waals surface area contributed by atoms with Crippen molar-refractivity contribution >= 4 is 6.09 Å². The van der Waals surface area contributed by atoms with Gasteiger partial charge < -0.3 is 20.0 Å². The Morgan fingerprint density at radius 2 is 2.06 bits per heavy atom. The Balaban J connectivity index is 2.77. The molecular weight excluding hydrogens is 232 g/mol. The SMILES string of the molecule is CN(CCO)C1CCN(C(=O)O)C(C(C)(C)C)C1. The highest BCUT2D eigenvalue weighted by atomic mass is 16.4. The molecule has 1 amide bonds. The summed E-state index contributed by atoms with van der Waals surface area (Å²) in [6, 6.07) is 0.395. The molecule has 1 heterocycles. The molecule has 2 atom stereocenters. The van der Waals surface area contributed by atoms with E-state index in [1.54, 1.807) is 4.90 Å². The fraction of sp³-hybridized carbons (Fsp3) is 0.923. The molecule has 18 heavy (non-hydrogen) atoms. The number of hydrogen-bond acceptors (Lipinski definition) is 3. The van der Waals surface area contributed by atoms with Gasteiger partial charge in [0.15, 0.2) is 0 Å². The summed E-state index contributed by atoms with van der Waals surface area (Å²) in [5.74, 6) is 0. The molecular formula is C13H26N2O3. The number of likely N-dealkylation sites (N-methyl/N-ethyl adjacent to an activating group) is 1. The van der Waals surface area contributed by atoms with Crippen LogP contribution in [0.1, 0.15) is 33.6 Å². The molecule has 106 valence electrons. The van der Waals surface area contributed by atoms with Gasteiger partial charge in [0.05, 0.1) is 6.61 Å². The summed E-state index contributed by atoms with van der Waals surface area (Å²) in [7, 11) is 2.00. The van der Waals surface area contributed by atoms with Crippen molar-refractivity contribution in [3.05, 3.63) is 0 Å². The lowest BCUT2D eigenvalue weighted by molar-refractivity contribution is 0.0228. The van der Waals surface area contributed by atoms with Crippen LogP contribution in [-0.4, -0.2) is 64.9 Å². The summed E-state index contributed by atoms with van der Waals surface area (Å²) in [6.07, 6.45) is 0.861. The minimum Gasteiger partial charge on any atom is -0.465 e. The normalized spacial score (nSPS) is 25.6. The molecule has 1 aliphatic heterocycles. The smallest absolute Gasteiger partial charge is 0.407 e. The Morgan fingerprint density at radius 1 is 1.44 bits per heavy atom. The minimum atomic E-state index is -0.821. The first-order valence-corrected chi connectivity index (χ1v) is 6.58. The van der Waals surface area contributed by atoms with E-state index in [-0.39, 0.29) is 18.1 Å². The molecule has 2 unspecified atom stereocenters. The van der Waals surface area contributed by atoms with Gasteiger partial charge in [-0.15, -0.1) is 0 Å². The first-order valence-electron chi connectivity index (χ1n) is 6.58. The Bertz CT molecular complexity index is 288. The zero-order chi connectivity index (χ0) is 13.9. The number of carboxylic acid groups (broad SMARTS) is 1. The van der Waals surface area contributed by atoms with Crippen LogP contribution in [0, 0.1) is 5.41 Å². The molecule has 5 nitrogen and oxygen atoms in total. The van der Waals surface area contributed by atoms with E-state index in [1.165, 1.54) is 0 Å². The number of likely N-dealkylation sites (tertiary alicyclic amines) is 1. The van der Waals surface area contributed by atoms with Gasteiger partial charge in [0.1, 0.15) is 0 Å². The van der Waals surface area contributed by atoms with Crippen molar-refractivity contribution in [3.63, 3.8) is 0 Å². The van der Waals surface area contributed by atoms with Crippen LogP contribution in [0.15, 0.2) is 0 Å². The molecule has 0 aromatic rings. The molecule has 0 aliphatic carbocycles. The molecule has 5 heteroatoms. The highest BCUT2D eigenvalue weighted by molar-refractivity contribution is 5.65. The maximum Gasteiger partial charge on any atom is 0.407 e. The van der Waals surface area contributed by atoms with Gasteiger partial charge in [-0.1, -0.05) is 20.8 Å². The number of carbonyl (C=O) groups is 1. The van der Waals surface area contributed by atoms with E-state index in [2.05, 4.69) is 25.7 Å². The second kappa shape index (κ2) is 5.89. The first-order chi connectivity index (χ1) is 8.27. The summed E-state index contributed by atoms with van der Waals surface area (Å²) in [4.78, 5) is 15.0. The molecule has 0 bridgehead atoms. The summed E-state index contributed by atoms with van der Waals surface area (Å²) in [5.41, 5.74) is -0.0584. The average Bonchev–Trinajstić information content (AvgIpc) is 2.27. The second-order valence-corrected chi connectivity index (χ2v) is 6.24. The maximum absolute atomic E-state index is 11.3. The van der Waals surface area contributed by atoms with E-state index in [9.17, 15) is 9.90 Å². The van der Waals surface area contributed by atoms with Crippen molar-refractivity contribution in [2.24, 2.45) is 5.41 Å². The number of aliphatic hydroxyl groups excluding tert-OH is 1. The van der Waals surface area contributed by atoms with Gasteiger partial charge in [-0.05, 0) is 25.3 Å². The van der Waals surface area contributed by atoms with Crippen LogP contribution in [-0.2, 0) is 0 Å². The Labute approximate surface area is 109 Å². The molecule has 1 rings (SSSR count). The van der Waals surface area contributed by atoms with E-state index in [4.69, 9.17) is 5.11 Å². The van der Waals surface area contributed by atoms with Crippen molar-refractivity contribution in [2.45, 2.75) is 45.7 Å². The van der Waals surface area contributed by atoms with Crippen LogP contribution in [0.2, 0.25) is 0 Å². The summed E-state index contributed by atoms with van der Waals surface area (Å²) >= 11 is 0. The van der Waals surface area contributed by atoms with Crippen molar-refractivity contribution < 1.29 is 15.0 Å². The lowest BCUT2D eigenvalue weighted by Gasteiger charge is -2.46. The van der Waals surface area contributed by atoms with Crippen molar-refractivity contribution in [1.82, 2.24) is 9.80 Å². The highest BCUT2D eigenvalue weighted by Gasteiger charge is 2.39. The van der Waals surface area contributed by atoms with Crippen LogP contribution < -0.4 is 0 Å². The predicted molar refractivity (Wildman–Crippen MR) is 70.7 cm³/mol. The number of piperidine rings is 1. The molecule has 0 radical (unpaired) electrons. The van der Waals surface area contributed by atoms with Crippen molar-refractivity contribution in [3.8, 4) is 0 Å². The monoisotopic (exact) mass is 258 g/mol. The fourth-order valence-electron chi connectivity index (χ4n) is 2.74. The van der Waals surface area contributed by atoms with Crippen LogP contribution in [0.25, 0.3) is 0 Å². The number of amides is 1. The van der Waals surface area contributed by atoms with Crippen molar-refractivity contribution in [2.75, 3.05) is 26.7 Å². The van der Waals surface area contributed by atoms with E-state index in [0.717, 1.165) is 12.8 Å². The first kappa shape index (κ1) is 15.2. The van der Waals surface area contributed by atoms with Crippen LogP contribution >= 0.6 is 0 Å². The molecule has 1 fully saturated rings. The molecule has 0 aromatic heterocycles. The minimum absolute atomic E-state index is 0.0369. The summed E-state index contributed by atoms with van der Waals surface area (Å²) in [5, 5.41) is 18.3. The van der Waals surface area contributed by atoms with Gasteiger partial charge in [0, 0.05) is 25.2 Å². The Morgan fingerprint density at radius 3 is 2.50 bits per heavy atom. The van der Waals surface area contributed by atoms with Crippen LogP contribution in [0.4, 0.5) is 4.79 Å². The van der Waals surface area contributed by atoms with Crippen LogP contribution in [0.5, 0.6) is 0 Å². The quantitative estimate of drug-likeness (QED) is 0.804. The van der Waals surface area contributed by atoms with Crippen LogP contribution in [0.3, 0.4) is 0 Å². The predicted octanol–water partition coefficient (Wildman–Crippen LogP) is 1.47. The Kier molecular flexibility index (Phi) is 4.99. The summed E-state index contributed by atoms with van der Waals surface area (Å²) in [6.45, 7) is 7.63. The third kappa shape index (κ3) is 3.59. The molecule has 2 N–H and O–H groups in total. The van der Waals surface area contributed by atoms with E-state index in [1.807, 2.05) is 7.05 Å². The lowest BCUT2D eigenvalue weighted by Crippen LogP contribution is -2.55. The molecule has 1 aliphatic rings. The lowest BCUT2D eigenvalue weighted by atomic mass is 9.79. The van der Waals surface area contributed by atoms with E-state index >= 15 is 0 Å². The van der Waals surface area contributed by atoms with Gasteiger partial charge in [0.2, 0.25) is 0 Å². The zero-order valence-corrected chi connectivity index (χ0v) is 11.9. The number of aliphatic hydroxyl groups is 1.